The van der Waals surface area contributed by atoms with E-state index in [0.29, 0.717) is 28.5 Å². The molecule has 31 heavy (non-hydrogen) atoms. The minimum atomic E-state index is -1.10. The van der Waals surface area contributed by atoms with Crippen LogP contribution >= 0.6 is 11.3 Å². The van der Waals surface area contributed by atoms with E-state index in [1.807, 2.05) is 36.6 Å². The minimum absolute atomic E-state index is 0.136. The van der Waals surface area contributed by atoms with E-state index in [1.165, 1.54) is 17.5 Å². The quantitative estimate of drug-likeness (QED) is 0.526. The molecule has 0 radical (unpaired) electrons. The number of nitriles is 1. The van der Waals surface area contributed by atoms with Crippen LogP contribution in [-0.2, 0) is 15.8 Å². The molecule has 0 aliphatic heterocycles. The summed E-state index contributed by atoms with van der Waals surface area (Å²) >= 11 is 1.37. The molecule has 2 N–H and O–H groups in total. The number of hydrogen-bond acceptors (Lipinski definition) is 6. The van der Waals surface area contributed by atoms with Crippen LogP contribution in [0.25, 0.3) is 11.1 Å². The summed E-state index contributed by atoms with van der Waals surface area (Å²) in [6.45, 7) is 1.94. The van der Waals surface area contributed by atoms with Crippen molar-refractivity contribution < 1.29 is 9.00 Å². The molecule has 9 heteroatoms. The van der Waals surface area contributed by atoms with E-state index >= 15 is 0 Å². The second-order valence-corrected chi connectivity index (χ2v) is 9.60. The highest BCUT2D eigenvalue weighted by atomic mass is 32.2. The zero-order valence-corrected chi connectivity index (χ0v) is 18.5. The first-order valence-corrected chi connectivity index (χ1v) is 12.1. The summed E-state index contributed by atoms with van der Waals surface area (Å²) in [5.74, 6) is -0.527. The lowest BCUT2D eigenvalue weighted by Crippen LogP contribution is -2.21. The van der Waals surface area contributed by atoms with Gasteiger partial charge in [0.15, 0.2) is 5.13 Å². The van der Waals surface area contributed by atoms with Gasteiger partial charge in [-0.2, -0.15) is 5.26 Å². The third kappa shape index (κ3) is 5.16. The summed E-state index contributed by atoms with van der Waals surface area (Å²) in [6.07, 6.45) is 5.79. The molecule has 2 atom stereocenters. The number of aromatic nitrogens is 2. The topological polar surface area (TPSA) is 108 Å². The van der Waals surface area contributed by atoms with Gasteiger partial charge in [-0.1, -0.05) is 19.1 Å². The smallest absolute Gasteiger partial charge is 0.233 e. The summed E-state index contributed by atoms with van der Waals surface area (Å²) in [4.78, 5) is 21.4. The molecular weight excluding hydrogens is 430 g/mol. The summed E-state index contributed by atoms with van der Waals surface area (Å²) in [7, 11) is -1.10. The average molecular weight is 452 g/mol. The number of carbonyl (C=O) groups excluding carboxylic acids is 1. The first kappa shape index (κ1) is 21.2. The SMILES string of the molecule is CCC(C(=O)Nc1ccc(-c2cncc(C#N)c2)cc1)c1csc(NS(=O)C2CC2)n1. The molecule has 1 saturated carbocycles. The first-order chi connectivity index (χ1) is 15.1. The molecule has 1 aromatic carbocycles. The van der Waals surface area contributed by atoms with Crippen molar-refractivity contribution in [2.24, 2.45) is 0 Å². The fourth-order valence-electron chi connectivity index (χ4n) is 3.11. The van der Waals surface area contributed by atoms with Crippen molar-refractivity contribution in [2.75, 3.05) is 10.0 Å². The predicted molar refractivity (Wildman–Crippen MR) is 123 cm³/mol. The normalized spacial score (nSPS) is 15.0. The number of nitrogens with zero attached hydrogens (tertiary/aromatic N) is 3. The number of anilines is 2. The Labute approximate surface area is 187 Å². The van der Waals surface area contributed by atoms with Crippen molar-refractivity contribution >= 4 is 39.0 Å². The molecule has 0 saturated heterocycles. The Bertz CT molecular complexity index is 1150. The summed E-state index contributed by atoms with van der Waals surface area (Å²) in [5.41, 5.74) is 3.61. The highest BCUT2D eigenvalue weighted by molar-refractivity contribution is 7.87. The summed E-state index contributed by atoms with van der Waals surface area (Å²) < 4.78 is 15.0. The summed E-state index contributed by atoms with van der Waals surface area (Å²) in [5, 5.41) is 14.6. The van der Waals surface area contributed by atoms with Gasteiger partial charge in [-0.05, 0) is 43.0 Å². The van der Waals surface area contributed by atoms with Crippen molar-refractivity contribution in [1.29, 1.82) is 5.26 Å². The van der Waals surface area contributed by atoms with Crippen LogP contribution in [0.5, 0.6) is 0 Å². The van der Waals surface area contributed by atoms with Crippen LogP contribution in [0.2, 0.25) is 0 Å². The maximum absolute atomic E-state index is 12.9. The van der Waals surface area contributed by atoms with Crippen molar-refractivity contribution in [1.82, 2.24) is 9.97 Å². The van der Waals surface area contributed by atoms with Gasteiger partial charge in [0.2, 0.25) is 5.91 Å². The molecule has 2 unspecified atom stereocenters. The van der Waals surface area contributed by atoms with Crippen LogP contribution < -0.4 is 10.0 Å². The monoisotopic (exact) mass is 451 g/mol. The van der Waals surface area contributed by atoms with Gasteiger partial charge in [0.1, 0.15) is 17.1 Å². The highest BCUT2D eigenvalue weighted by Gasteiger charge is 2.29. The number of pyridine rings is 1. The minimum Gasteiger partial charge on any atom is -0.326 e. The number of benzene rings is 1. The number of rotatable bonds is 8. The van der Waals surface area contributed by atoms with Crippen molar-refractivity contribution in [3.05, 3.63) is 59.4 Å². The van der Waals surface area contributed by atoms with Gasteiger partial charge >= 0.3 is 0 Å². The van der Waals surface area contributed by atoms with Gasteiger partial charge in [0.05, 0.1) is 22.4 Å². The molecule has 2 aromatic heterocycles. The Hall–Kier alpha value is -3.09. The molecular formula is C22H21N5O2S2. The average Bonchev–Trinajstić information content (AvgIpc) is 3.55. The number of hydrogen-bond donors (Lipinski definition) is 2. The van der Waals surface area contributed by atoms with E-state index in [9.17, 15) is 9.00 Å². The van der Waals surface area contributed by atoms with Gasteiger partial charge in [-0.25, -0.2) is 9.19 Å². The van der Waals surface area contributed by atoms with E-state index in [0.717, 1.165) is 24.0 Å². The number of amides is 1. The molecule has 158 valence electrons. The molecule has 0 spiro atoms. The fourth-order valence-corrected chi connectivity index (χ4v) is 5.10. The molecule has 1 fully saturated rings. The first-order valence-electron chi connectivity index (χ1n) is 9.96. The Kier molecular flexibility index (Phi) is 6.39. The second-order valence-electron chi connectivity index (χ2n) is 7.28. The molecule has 0 bridgehead atoms. The van der Waals surface area contributed by atoms with E-state index in [1.54, 1.807) is 12.3 Å². The lowest BCUT2D eigenvalue weighted by molar-refractivity contribution is -0.117. The standard InChI is InChI=1S/C22H21N5O2S2/c1-2-19(20-13-30-22(26-20)27-31(29)18-7-8-18)21(28)25-17-5-3-15(4-6-17)16-9-14(10-23)11-24-12-16/h3-6,9,11-13,18-19H,2,7-8H2,1H3,(H,25,28)(H,26,27). The van der Waals surface area contributed by atoms with Crippen molar-refractivity contribution in [3.8, 4) is 17.2 Å². The number of thiazole rings is 1. The van der Waals surface area contributed by atoms with Crippen molar-refractivity contribution in [2.45, 2.75) is 37.4 Å². The molecule has 7 nitrogen and oxygen atoms in total. The molecule has 2 heterocycles. The second kappa shape index (κ2) is 9.37. The van der Waals surface area contributed by atoms with E-state index in [2.05, 4.69) is 26.1 Å². The van der Waals surface area contributed by atoms with Crippen LogP contribution in [0.1, 0.15) is 43.4 Å². The predicted octanol–water partition coefficient (Wildman–Crippen LogP) is 4.45. The molecule has 1 amide bonds. The lowest BCUT2D eigenvalue weighted by Gasteiger charge is -2.13. The fraction of sp³-hybridized carbons (Fsp3) is 0.273. The van der Waals surface area contributed by atoms with Gasteiger partial charge < -0.3 is 5.32 Å². The Morgan fingerprint density at radius 3 is 2.74 bits per heavy atom. The van der Waals surface area contributed by atoms with Crippen LogP contribution in [0.3, 0.4) is 0 Å². The maximum Gasteiger partial charge on any atom is 0.233 e. The Balaban J connectivity index is 1.42. The van der Waals surface area contributed by atoms with E-state index in [-0.39, 0.29) is 11.2 Å². The Morgan fingerprint density at radius 1 is 1.29 bits per heavy atom. The van der Waals surface area contributed by atoms with Gasteiger partial charge in [0.25, 0.3) is 0 Å². The zero-order valence-electron chi connectivity index (χ0n) is 16.9. The molecule has 1 aliphatic carbocycles. The van der Waals surface area contributed by atoms with E-state index in [4.69, 9.17) is 5.26 Å². The van der Waals surface area contributed by atoms with Gasteiger partial charge in [-0.15, -0.1) is 11.3 Å². The molecule has 1 aliphatic rings. The zero-order chi connectivity index (χ0) is 21.8. The lowest BCUT2D eigenvalue weighted by atomic mass is 10.0. The largest absolute Gasteiger partial charge is 0.326 e. The van der Waals surface area contributed by atoms with Gasteiger partial charge in [-0.3, -0.25) is 14.5 Å². The van der Waals surface area contributed by atoms with Gasteiger partial charge in [0, 0.05) is 29.0 Å². The number of carbonyl (C=O) groups is 1. The van der Waals surface area contributed by atoms with E-state index < -0.39 is 16.9 Å². The van der Waals surface area contributed by atoms with Crippen LogP contribution in [-0.4, -0.2) is 25.3 Å². The van der Waals surface area contributed by atoms with Crippen LogP contribution in [0.15, 0.2) is 48.1 Å². The van der Waals surface area contributed by atoms with Crippen LogP contribution in [0.4, 0.5) is 10.8 Å². The third-order valence-electron chi connectivity index (χ3n) is 4.97. The Morgan fingerprint density at radius 2 is 2.06 bits per heavy atom. The third-order valence-corrected chi connectivity index (χ3v) is 7.35. The number of nitrogens with one attached hydrogen (secondary N) is 2. The van der Waals surface area contributed by atoms with Crippen LogP contribution in [0, 0.1) is 11.3 Å². The summed E-state index contributed by atoms with van der Waals surface area (Å²) in [6, 6.07) is 11.3. The molecule has 3 aromatic rings. The highest BCUT2D eigenvalue weighted by Crippen LogP contribution is 2.30. The maximum atomic E-state index is 12.9. The van der Waals surface area contributed by atoms with Crippen molar-refractivity contribution in [3.63, 3.8) is 0 Å². The molecule has 4 rings (SSSR count).